The lowest BCUT2D eigenvalue weighted by Gasteiger charge is -2.14. The van der Waals surface area contributed by atoms with Crippen LogP contribution in [0.3, 0.4) is 0 Å². The van der Waals surface area contributed by atoms with Crippen LogP contribution < -0.4 is 4.74 Å². The van der Waals surface area contributed by atoms with E-state index in [1.54, 1.807) is 0 Å². The minimum Gasteiger partial charge on any atom is -0.494 e. The minimum atomic E-state index is 0.817. The molecule has 0 bridgehead atoms. The molecule has 1 aliphatic heterocycles. The second-order valence-electron chi connectivity index (χ2n) is 4.66. The number of halogens is 1. The molecule has 0 unspecified atom stereocenters. The average molecular weight is 298 g/mol. The van der Waals surface area contributed by atoms with Crippen LogP contribution in [0.5, 0.6) is 5.75 Å². The van der Waals surface area contributed by atoms with Gasteiger partial charge in [0.1, 0.15) is 5.75 Å². The Hall–Kier alpha value is -0.540. The Morgan fingerprint density at radius 2 is 2.06 bits per heavy atom. The van der Waals surface area contributed by atoms with Crippen LogP contribution in [0.25, 0.3) is 0 Å². The molecule has 0 aliphatic carbocycles. The second-order valence-corrected chi connectivity index (χ2v) is 5.52. The van der Waals surface area contributed by atoms with Crippen LogP contribution in [0.2, 0.25) is 0 Å². The summed E-state index contributed by atoms with van der Waals surface area (Å²) in [5.41, 5.74) is 1.22. The van der Waals surface area contributed by atoms with E-state index >= 15 is 0 Å². The predicted octanol–water partition coefficient (Wildman–Crippen LogP) is 3.62. The third kappa shape index (κ3) is 4.00. The molecule has 2 rings (SSSR count). The number of aryl methyl sites for hydroxylation is 1. The summed E-state index contributed by atoms with van der Waals surface area (Å²) in [6, 6.07) is 6.15. The number of hydrogen-bond donors (Lipinski definition) is 0. The van der Waals surface area contributed by atoms with Crippen LogP contribution in [-0.4, -0.2) is 31.1 Å². The Balaban J connectivity index is 1.68. The van der Waals surface area contributed by atoms with Gasteiger partial charge in [0.2, 0.25) is 0 Å². The van der Waals surface area contributed by atoms with Gasteiger partial charge in [0.15, 0.2) is 0 Å². The van der Waals surface area contributed by atoms with Gasteiger partial charge in [0, 0.05) is 11.0 Å². The summed E-state index contributed by atoms with van der Waals surface area (Å²) in [5, 5.41) is 0. The van der Waals surface area contributed by atoms with Gasteiger partial charge in [-0.25, -0.2) is 0 Å². The number of likely N-dealkylation sites (tertiary alicyclic amines) is 1. The largest absolute Gasteiger partial charge is 0.494 e. The Bertz CT molecular complexity index is 361. The Morgan fingerprint density at radius 1 is 1.29 bits per heavy atom. The fourth-order valence-corrected chi connectivity index (χ4v) is 2.44. The number of nitrogens with zero attached hydrogens (tertiary/aromatic N) is 1. The van der Waals surface area contributed by atoms with E-state index in [9.17, 15) is 0 Å². The lowest BCUT2D eigenvalue weighted by atomic mass is 10.2. The van der Waals surface area contributed by atoms with Gasteiger partial charge in [0.05, 0.1) is 6.61 Å². The van der Waals surface area contributed by atoms with E-state index in [4.69, 9.17) is 4.74 Å². The third-order valence-electron chi connectivity index (χ3n) is 3.22. The molecule has 0 aromatic heterocycles. The molecule has 3 heteroatoms. The van der Waals surface area contributed by atoms with Gasteiger partial charge in [-0.2, -0.15) is 0 Å². The predicted molar refractivity (Wildman–Crippen MR) is 74.7 cm³/mol. The fraction of sp³-hybridized carbons (Fsp3) is 0.571. The van der Waals surface area contributed by atoms with Crippen LogP contribution in [-0.2, 0) is 0 Å². The van der Waals surface area contributed by atoms with Crippen molar-refractivity contribution in [3.8, 4) is 5.75 Å². The second kappa shape index (κ2) is 6.41. The average Bonchev–Trinajstić information content (AvgIpc) is 2.82. The van der Waals surface area contributed by atoms with Gasteiger partial charge in [-0.05, 0) is 63.0 Å². The van der Waals surface area contributed by atoms with E-state index in [-0.39, 0.29) is 0 Å². The summed E-state index contributed by atoms with van der Waals surface area (Å²) in [5.74, 6) is 0.979. The van der Waals surface area contributed by atoms with Gasteiger partial charge >= 0.3 is 0 Å². The topological polar surface area (TPSA) is 12.5 Å². The van der Waals surface area contributed by atoms with E-state index in [1.807, 2.05) is 12.1 Å². The fourth-order valence-electron chi connectivity index (χ4n) is 2.19. The van der Waals surface area contributed by atoms with E-state index in [0.29, 0.717) is 0 Å². The SMILES string of the molecule is Cc1cc(OCCCN2CCCC2)ccc1Br. The molecule has 1 fully saturated rings. The summed E-state index contributed by atoms with van der Waals surface area (Å²) in [7, 11) is 0. The van der Waals surface area contributed by atoms with Crippen LogP contribution in [0.1, 0.15) is 24.8 Å². The molecule has 1 aromatic rings. The van der Waals surface area contributed by atoms with Crippen molar-refractivity contribution in [2.45, 2.75) is 26.2 Å². The van der Waals surface area contributed by atoms with Gasteiger partial charge in [0.25, 0.3) is 0 Å². The van der Waals surface area contributed by atoms with E-state index in [0.717, 1.165) is 23.2 Å². The first-order valence-electron chi connectivity index (χ1n) is 6.37. The van der Waals surface area contributed by atoms with Crippen molar-refractivity contribution in [2.24, 2.45) is 0 Å². The van der Waals surface area contributed by atoms with Crippen molar-refractivity contribution in [1.82, 2.24) is 4.90 Å². The first-order chi connectivity index (χ1) is 8.25. The number of ether oxygens (including phenoxy) is 1. The smallest absolute Gasteiger partial charge is 0.119 e. The molecule has 2 nitrogen and oxygen atoms in total. The zero-order chi connectivity index (χ0) is 12.1. The maximum atomic E-state index is 5.75. The molecule has 94 valence electrons. The van der Waals surface area contributed by atoms with E-state index < -0.39 is 0 Å². The van der Waals surface area contributed by atoms with Crippen molar-refractivity contribution in [2.75, 3.05) is 26.2 Å². The first kappa shape index (κ1) is 12.9. The summed E-state index contributed by atoms with van der Waals surface area (Å²) >= 11 is 3.49. The van der Waals surface area contributed by atoms with Crippen molar-refractivity contribution < 1.29 is 4.74 Å². The summed E-state index contributed by atoms with van der Waals surface area (Å²) in [4.78, 5) is 2.52. The van der Waals surface area contributed by atoms with Crippen LogP contribution in [0, 0.1) is 6.92 Å². The molecular formula is C14H20BrNO. The molecule has 1 saturated heterocycles. The monoisotopic (exact) mass is 297 g/mol. The molecular weight excluding hydrogens is 278 g/mol. The zero-order valence-electron chi connectivity index (χ0n) is 10.4. The maximum Gasteiger partial charge on any atom is 0.119 e. The summed E-state index contributed by atoms with van der Waals surface area (Å²) in [6.45, 7) is 6.63. The lowest BCUT2D eigenvalue weighted by molar-refractivity contribution is 0.263. The molecule has 1 aliphatic rings. The quantitative estimate of drug-likeness (QED) is 0.770. The molecule has 0 atom stereocenters. The summed E-state index contributed by atoms with van der Waals surface area (Å²) < 4.78 is 6.89. The standard InChI is InChI=1S/C14H20BrNO/c1-12-11-13(5-6-14(12)15)17-10-4-9-16-7-2-3-8-16/h5-6,11H,2-4,7-10H2,1H3. The molecule has 0 spiro atoms. The molecule has 0 amide bonds. The number of benzene rings is 1. The van der Waals surface area contributed by atoms with E-state index in [1.165, 1.54) is 38.0 Å². The highest BCUT2D eigenvalue weighted by Crippen LogP contribution is 2.21. The highest BCUT2D eigenvalue weighted by molar-refractivity contribution is 9.10. The molecule has 0 radical (unpaired) electrons. The molecule has 1 heterocycles. The van der Waals surface area contributed by atoms with Crippen molar-refractivity contribution >= 4 is 15.9 Å². The molecule has 0 saturated carbocycles. The van der Waals surface area contributed by atoms with E-state index in [2.05, 4.69) is 33.8 Å². The summed E-state index contributed by atoms with van der Waals surface area (Å²) in [6.07, 6.45) is 3.86. The van der Waals surface area contributed by atoms with Crippen LogP contribution in [0.15, 0.2) is 22.7 Å². The third-order valence-corrected chi connectivity index (χ3v) is 4.11. The molecule has 0 N–H and O–H groups in total. The number of hydrogen-bond acceptors (Lipinski definition) is 2. The van der Waals surface area contributed by atoms with Gasteiger partial charge in [-0.15, -0.1) is 0 Å². The van der Waals surface area contributed by atoms with Crippen molar-refractivity contribution in [3.05, 3.63) is 28.2 Å². The highest BCUT2D eigenvalue weighted by Gasteiger charge is 2.10. The zero-order valence-corrected chi connectivity index (χ0v) is 12.0. The first-order valence-corrected chi connectivity index (χ1v) is 7.16. The molecule has 17 heavy (non-hydrogen) atoms. The van der Waals surface area contributed by atoms with Gasteiger partial charge < -0.3 is 9.64 Å². The van der Waals surface area contributed by atoms with Crippen molar-refractivity contribution in [3.63, 3.8) is 0 Å². The molecule has 1 aromatic carbocycles. The number of rotatable bonds is 5. The van der Waals surface area contributed by atoms with Crippen LogP contribution in [0.4, 0.5) is 0 Å². The minimum absolute atomic E-state index is 0.817. The Labute approximate surface area is 112 Å². The van der Waals surface area contributed by atoms with Crippen LogP contribution >= 0.6 is 15.9 Å². The van der Waals surface area contributed by atoms with Crippen molar-refractivity contribution in [1.29, 1.82) is 0 Å². The van der Waals surface area contributed by atoms with Gasteiger partial charge in [-0.1, -0.05) is 15.9 Å². The normalized spacial score (nSPS) is 16.4. The maximum absolute atomic E-state index is 5.75. The highest BCUT2D eigenvalue weighted by atomic mass is 79.9. The Kier molecular flexibility index (Phi) is 4.86. The lowest BCUT2D eigenvalue weighted by Crippen LogP contribution is -2.21. The van der Waals surface area contributed by atoms with Gasteiger partial charge in [-0.3, -0.25) is 0 Å². The Morgan fingerprint density at radius 3 is 2.76 bits per heavy atom.